The first-order valence-electron chi connectivity index (χ1n) is 16.3. The molecule has 3 N–H and O–H groups in total. The molecule has 7 rings (SSSR count). The number of aromatic nitrogens is 2. The van der Waals surface area contributed by atoms with Crippen molar-refractivity contribution in [3.63, 3.8) is 0 Å². The zero-order chi connectivity index (χ0) is 33.6. The maximum atomic E-state index is 14.2. The number of alkyl halides is 3. The first kappa shape index (κ1) is 32.4. The Hall–Kier alpha value is -4.17. The van der Waals surface area contributed by atoms with E-state index < -0.39 is 23.4 Å². The largest absolute Gasteiger partial charge is 0.457 e. The molecular weight excluding hydrogens is 625 g/mol. The number of aromatic amines is 1. The van der Waals surface area contributed by atoms with Crippen molar-refractivity contribution in [1.82, 2.24) is 24.7 Å². The van der Waals surface area contributed by atoms with E-state index in [1.807, 2.05) is 36.1 Å². The van der Waals surface area contributed by atoms with Crippen LogP contribution in [0.4, 0.5) is 23.7 Å². The summed E-state index contributed by atoms with van der Waals surface area (Å²) in [5, 5.41) is 14.1. The number of nitrogens with zero attached hydrogens (tertiary/aromatic N) is 4. The van der Waals surface area contributed by atoms with Crippen LogP contribution in [0.1, 0.15) is 47.8 Å². The lowest BCUT2D eigenvalue weighted by Crippen LogP contribution is -2.46. The lowest BCUT2D eigenvalue weighted by atomic mass is 9.93. The fourth-order valence-electron chi connectivity index (χ4n) is 6.81. The number of ether oxygens (including phenoxy) is 2. The molecule has 1 atom stereocenters. The number of hydrogen-bond acceptors (Lipinski definition) is 7. The predicted molar refractivity (Wildman–Crippen MR) is 174 cm³/mol. The van der Waals surface area contributed by atoms with Gasteiger partial charge in [0.05, 0.1) is 35.9 Å². The molecule has 3 aliphatic rings. The van der Waals surface area contributed by atoms with Crippen LogP contribution in [0.3, 0.4) is 0 Å². The quantitative estimate of drug-likeness (QED) is 0.227. The van der Waals surface area contributed by atoms with Gasteiger partial charge in [-0.05, 0) is 73.0 Å². The number of carbonyl (C=O) groups is 1. The molecule has 0 unspecified atom stereocenters. The molecule has 0 saturated carbocycles. The van der Waals surface area contributed by atoms with Crippen molar-refractivity contribution < 1.29 is 32.5 Å². The van der Waals surface area contributed by atoms with Crippen LogP contribution < -0.4 is 10.1 Å². The molecule has 2 saturated heterocycles. The summed E-state index contributed by atoms with van der Waals surface area (Å²) in [6.07, 6.45) is -2.34. The van der Waals surface area contributed by atoms with Gasteiger partial charge >= 0.3 is 12.2 Å². The minimum Gasteiger partial charge on any atom is -0.457 e. The maximum Gasteiger partial charge on any atom is 0.416 e. The normalized spacial score (nSPS) is 20.0. The Labute approximate surface area is 276 Å². The Morgan fingerprint density at radius 2 is 1.85 bits per heavy atom. The molecule has 2 aromatic heterocycles. The molecule has 254 valence electrons. The van der Waals surface area contributed by atoms with Crippen LogP contribution >= 0.6 is 0 Å². The molecule has 10 nitrogen and oxygen atoms in total. The van der Waals surface area contributed by atoms with Gasteiger partial charge < -0.3 is 34.7 Å². The fourth-order valence-corrected chi connectivity index (χ4v) is 6.81. The molecule has 2 amide bonds. The lowest BCUT2D eigenvalue weighted by Gasteiger charge is -2.35. The van der Waals surface area contributed by atoms with E-state index in [-0.39, 0.29) is 37.1 Å². The highest BCUT2D eigenvalue weighted by molar-refractivity contribution is 5.90. The monoisotopic (exact) mass is 664 g/mol. The minimum absolute atomic E-state index is 0.104. The predicted octanol–water partition coefficient (Wildman–Crippen LogP) is 5.88. The van der Waals surface area contributed by atoms with Crippen molar-refractivity contribution in [2.45, 2.75) is 44.6 Å². The molecule has 0 spiro atoms. The van der Waals surface area contributed by atoms with Crippen LogP contribution in [0.15, 0.2) is 54.7 Å². The number of amides is 2. The van der Waals surface area contributed by atoms with Gasteiger partial charge in [-0.1, -0.05) is 19.1 Å². The van der Waals surface area contributed by atoms with Gasteiger partial charge in [-0.15, -0.1) is 0 Å². The molecule has 2 aromatic carbocycles. The van der Waals surface area contributed by atoms with Crippen LogP contribution in [0.5, 0.6) is 11.5 Å². The lowest BCUT2D eigenvalue weighted by molar-refractivity contribution is -0.186. The standard InChI is InChI=1S/C35H39F3N6O4/c1-3-42-12-14-43(15-13-42)19-24-4-6-25(16-29(24)35(36,37)38)40-33(45)44-11-9-23-5-7-26(17-27(23)22(44)2)48-30-8-10-39-32-28(30)18-31(41-32)34(46)20-47-21-34/h4-8,10,16-18,22,46H,3,9,11-15,19-21H2,1-2H3,(H,39,41)(H,40,45)/t22-/m0/s1. The minimum atomic E-state index is -4.55. The van der Waals surface area contributed by atoms with E-state index in [0.717, 1.165) is 36.8 Å². The van der Waals surface area contributed by atoms with E-state index in [9.17, 15) is 23.1 Å². The van der Waals surface area contributed by atoms with Crippen LogP contribution in [0, 0.1) is 0 Å². The summed E-state index contributed by atoms with van der Waals surface area (Å²) in [5.41, 5.74) is 1.64. The van der Waals surface area contributed by atoms with Crippen LogP contribution in [0.25, 0.3) is 11.0 Å². The number of halogens is 3. The molecule has 0 bridgehead atoms. The summed E-state index contributed by atoms with van der Waals surface area (Å²) in [4.78, 5) is 27.0. The number of fused-ring (bicyclic) bond motifs is 2. The number of hydrogen-bond donors (Lipinski definition) is 3. The van der Waals surface area contributed by atoms with Crippen LogP contribution in [-0.4, -0.2) is 88.3 Å². The van der Waals surface area contributed by atoms with Crippen molar-refractivity contribution in [3.05, 3.63) is 82.7 Å². The van der Waals surface area contributed by atoms with Crippen molar-refractivity contribution in [2.75, 3.05) is 57.8 Å². The van der Waals surface area contributed by atoms with E-state index in [2.05, 4.69) is 27.1 Å². The molecule has 4 aromatic rings. The van der Waals surface area contributed by atoms with Gasteiger partial charge in [0.15, 0.2) is 5.60 Å². The number of anilines is 1. The SMILES string of the molecule is CCN1CCN(Cc2ccc(NC(=O)N3CCc4ccc(Oc5ccnc6[nH]c(C7(O)COC7)cc56)cc4[C@@H]3C)cc2C(F)(F)F)CC1. The Morgan fingerprint density at radius 1 is 1.08 bits per heavy atom. The third-order valence-corrected chi connectivity index (χ3v) is 9.79. The smallest absolute Gasteiger partial charge is 0.416 e. The molecule has 0 radical (unpaired) electrons. The second-order valence-corrected chi connectivity index (χ2v) is 12.9. The molecule has 2 fully saturated rings. The third-order valence-electron chi connectivity index (χ3n) is 9.79. The Balaban J connectivity index is 1.06. The number of rotatable bonds is 7. The van der Waals surface area contributed by atoms with Gasteiger partial charge in [0.2, 0.25) is 0 Å². The van der Waals surface area contributed by atoms with Crippen LogP contribution in [-0.2, 0) is 29.5 Å². The summed E-state index contributed by atoms with van der Waals surface area (Å²) in [7, 11) is 0. The average molecular weight is 665 g/mol. The zero-order valence-corrected chi connectivity index (χ0v) is 26.9. The van der Waals surface area contributed by atoms with Gasteiger partial charge in [-0.3, -0.25) is 4.90 Å². The van der Waals surface area contributed by atoms with Gasteiger partial charge in [-0.2, -0.15) is 13.2 Å². The van der Waals surface area contributed by atoms with Crippen molar-refractivity contribution >= 4 is 22.8 Å². The fraction of sp³-hybridized carbons (Fsp3) is 0.429. The summed E-state index contributed by atoms with van der Waals surface area (Å²) in [6.45, 7) is 9.03. The summed E-state index contributed by atoms with van der Waals surface area (Å²) < 4.78 is 54.0. The highest BCUT2D eigenvalue weighted by Gasteiger charge is 2.40. The number of aliphatic hydroxyl groups is 1. The Kier molecular flexibility index (Phi) is 8.56. The molecule has 13 heteroatoms. The summed E-state index contributed by atoms with van der Waals surface area (Å²) in [5.74, 6) is 1.11. The molecule has 48 heavy (non-hydrogen) atoms. The molecular formula is C35H39F3N6O4. The number of H-pyrrole nitrogens is 1. The summed E-state index contributed by atoms with van der Waals surface area (Å²) >= 11 is 0. The number of nitrogens with one attached hydrogen (secondary N) is 2. The molecule has 0 aliphatic carbocycles. The first-order valence-corrected chi connectivity index (χ1v) is 16.3. The highest BCUT2D eigenvalue weighted by Crippen LogP contribution is 2.39. The molecule has 5 heterocycles. The molecule has 3 aliphatic heterocycles. The number of pyridine rings is 1. The summed E-state index contributed by atoms with van der Waals surface area (Å²) in [6, 6.07) is 12.6. The number of carbonyl (C=O) groups excluding carboxylic acids is 1. The highest BCUT2D eigenvalue weighted by atomic mass is 19.4. The topological polar surface area (TPSA) is 106 Å². The zero-order valence-electron chi connectivity index (χ0n) is 26.9. The number of likely N-dealkylation sites (N-methyl/N-ethyl adjacent to an activating group) is 1. The van der Waals surface area contributed by atoms with E-state index in [4.69, 9.17) is 9.47 Å². The number of benzene rings is 2. The number of piperazine rings is 1. The van der Waals surface area contributed by atoms with Crippen molar-refractivity contribution in [3.8, 4) is 11.5 Å². The van der Waals surface area contributed by atoms with E-state index in [1.165, 1.54) is 6.07 Å². The number of urea groups is 1. The maximum absolute atomic E-state index is 14.2. The van der Waals surface area contributed by atoms with E-state index >= 15 is 0 Å². The second kappa shape index (κ2) is 12.7. The second-order valence-electron chi connectivity index (χ2n) is 12.9. The van der Waals surface area contributed by atoms with Gasteiger partial charge in [0.1, 0.15) is 17.1 Å². The Bertz CT molecular complexity index is 1820. The van der Waals surface area contributed by atoms with Crippen LogP contribution in [0.2, 0.25) is 0 Å². The van der Waals surface area contributed by atoms with Gasteiger partial charge in [0, 0.05) is 51.2 Å². The van der Waals surface area contributed by atoms with Gasteiger partial charge in [-0.25, -0.2) is 9.78 Å². The van der Waals surface area contributed by atoms with Crippen molar-refractivity contribution in [1.29, 1.82) is 0 Å². The first-order chi connectivity index (χ1) is 23.0. The van der Waals surface area contributed by atoms with Gasteiger partial charge in [0.25, 0.3) is 0 Å². The Morgan fingerprint density at radius 3 is 2.56 bits per heavy atom. The van der Waals surface area contributed by atoms with E-state index in [0.29, 0.717) is 54.3 Å². The third kappa shape index (κ3) is 6.35. The average Bonchev–Trinajstić information content (AvgIpc) is 3.50. The van der Waals surface area contributed by atoms with Crippen molar-refractivity contribution in [2.24, 2.45) is 0 Å². The van der Waals surface area contributed by atoms with E-state index in [1.54, 1.807) is 23.2 Å².